The van der Waals surface area contributed by atoms with Crippen LogP contribution in [0, 0.1) is 13.8 Å². The molecular weight excluding hydrogens is 302 g/mol. The van der Waals surface area contributed by atoms with E-state index < -0.39 is 10.8 Å². The largest absolute Gasteiger partial charge is 0.350 e. The van der Waals surface area contributed by atoms with Crippen molar-refractivity contribution >= 4 is 28.0 Å². The molecule has 1 amide bonds. The van der Waals surface area contributed by atoms with Crippen molar-refractivity contribution in [2.75, 3.05) is 5.75 Å². The van der Waals surface area contributed by atoms with Crippen molar-refractivity contribution in [2.45, 2.75) is 26.1 Å². The van der Waals surface area contributed by atoms with E-state index >= 15 is 0 Å². The molecule has 1 atom stereocenters. The first-order chi connectivity index (χ1) is 10.0. The summed E-state index contributed by atoms with van der Waals surface area (Å²) in [5.74, 6) is 0.325. The fourth-order valence-electron chi connectivity index (χ4n) is 1.98. The molecule has 0 bridgehead atoms. The molecule has 2 aromatic rings. The highest BCUT2D eigenvalue weighted by Crippen LogP contribution is 2.13. The molecule has 0 aliphatic carbocycles. The average Bonchev–Trinajstić information content (AvgIpc) is 2.94. The molecule has 0 spiro atoms. The van der Waals surface area contributed by atoms with Gasteiger partial charge in [-0.05, 0) is 36.4 Å². The number of carbonyl (C=O) groups excluding carboxylic acids is 1. The van der Waals surface area contributed by atoms with E-state index in [0.717, 1.165) is 21.6 Å². The Morgan fingerprint density at radius 1 is 1.29 bits per heavy atom. The van der Waals surface area contributed by atoms with Crippen LogP contribution in [0.5, 0.6) is 0 Å². The number of aryl methyl sites for hydroxylation is 2. The van der Waals surface area contributed by atoms with Crippen LogP contribution >= 0.6 is 11.3 Å². The standard InChI is InChI=1S/C16H19NO2S2/c1-12-5-6-13(2)14(8-12)10-21(19)11-16(18)17-9-15-4-3-7-20-15/h3-8H,9-11H2,1-2H3,(H,17,18). The Bertz CT molecular complexity index is 636. The average molecular weight is 321 g/mol. The zero-order valence-electron chi connectivity index (χ0n) is 12.2. The van der Waals surface area contributed by atoms with E-state index in [0.29, 0.717) is 12.3 Å². The van der Waals surface area contributed by atoms with Crippen LogP contribution in [0.25, 0.3) is 0 Å². The van der Waals surface area contributed by atoms with Crippen LogP contribution in [0.15, 0.2) is 35.7 Å². The lowest BCUT2D eigenvalue weighted by atomic mass is 10.1. The zero-order chi connectivity index (χ0) is 15.2. The van der Waals surface area contributed by atoms with E-state index in [-0.39, 0.29) is 11.7 Å². The summed E-state index contributed by atoms with van der Waals surface area (Å²) in [6.45, 7) is 4.53. The Morgan fingerprint density at radius 3 is 2.81 bits per heavy atom. The Kier molecular flexibility index (Phi) is 5.70. The molecule has 0 aliphatic heterocycles. The summed E-state index contributed by atoms with van der Waals surface area (Å²) in [5, 5.41) is 4.78. The first-order valence-electron chi connectivity index (χ1n) is 6.75. The fraction of sp³-hybridized carbons (Fsp3) is 0.312. The van der Waals surface area contributed by atoms with Gasteiger partial charge >= 0.3 is 0 Å². The highest BCUT2D eigenvalue weighted by molar-refractivity contribution is 7.84. The van der Waals surface area contributed by atoms with Gasteiger partial charge in [0.2, 0.25) is 5.91 Å². The number of rotatable bonds is 6. The number of carbonyl (C=O) groups is 1. The molecule has 1 aromatic carbocycles. The third-order valence-corrected chi connectivity index (χ3v) is 5.25. The van der Waals surface area contributed by atoms with Crippen LogP contribution in [-0.4, -0.2) is 15.9 Å². The van der Waals surface area contributed by atoms with Crippen LogP contribution in [0.4, 0.5) is 0 Å². The Hall–Kier alpha value is -1.46. The summed E-state index contributed by atoms with van der Waals surface area (Å²) in [7, 11) is -1.18. The topological polar surface area (TPSA) is 46.2 Å². The van der Waals surface area contributed by atoms with Crippen molar-refractivity contribution in [2.24, 2.45) is 0 Å². The van der Waals surface area contributed by atoms with Gasteiger partial charge in [0.15, 0.2) is 0 Å². The first kappa shape index (κ1) is 15.9. The molecule has 0 saturated heterocycles. The molecule has 1 aromatic heterocycles. The molecule has 0 radical (unpaired) electrons. The first-order valence-corrected chi connectivity index (χ1v) is 9.11. The van der Waals surface area contributed by atoms with Crippen molar-refractivity contribution in [1.82, 2.24) is 5.32 Å². The summed E-state index contributed by atoms with van der Waals surface area (Å²) < 4.78 is 12.1. The van der Waals surface area contributed by atoms with Crippen LogP contribution in [-0.2, 0) is 27.9 Å². The minimum absolute atomic E-state index is 0.0543. The summed E-state index contributed by atoms with van der Waals surface area (Å²) in [5.41, 5.74) is 3.32. The quantitative estimate of drug-likeness (QED) is 0.889. The third-order valence-electron chi connectivity index (χ3n) is 3.15. The minimum atomic E-state index is -1.18. The maximum Gasteiger partial charge on any atom is 0.232 e. The van der Waals surface area contributed by atoms with Gasteiger partial charge in [-0.15, -0.1) is 11.3 Å². The molecule has 0 aliphatic rings. The molecular formula is C16H19NO2S2. The summed E-state index contributed by atoms with van der Waals surface area (Å²) in [4.78, 5) is 12.9. The van der Waals surface area contributed by atoms with Gasteiger partial charge in [-0.3, -0.25) is 9.00 Å². The maximum atomic E-state index is 12.1. The van der Waals surface area contributed by atoms with Crippen LogP contribution in [0.1, 0.15) is 21.6 Å². The monoisotopic (exact) mass is 321 g/mol. The lowest BCUT2D eigenvalue weighted by Crippen LogP contribution is -2.28. The Morgan fingerprint density at radius 2 is 2.10 bits per heavy atom. The number of thiophene rings is 1. The summed E-state index contributed by atoms with van der Waals surface area (Å²) >= 11 is 1.60. The van der Waals surface area contributed by atoms with Crippen molar-refractivity contribution in [3.05, 3.63) is 57.3 Å². The van der Waals surface area contributed by atoms with Gasteiger partial charge in [0.1, 0.15) is 5.75 Å². The second kappa shape index (κ2) is 7.52. The maximum absolute atomic E-state index is 12.1. The molecule has 0 fully saturated rings. The predicted octanol–water partition coefficient (Wildman–Crippen LogP) is 2.93. The van der Waals surface area contributed by atoms with E-state index in [9.17, 15) is 9.00 Å². The Labute approximate surface area is 131 Å². The molecule has 2 rings (SSSR count). The number of amides is 1. The molecule has 1 unspecified atom stereocenters. The number of nitrogens with one attached hydrogen (secondary N) is 1. The van der Waals surface area contributed by atoms with Crippen molar-refractivity contribution in [3.63, 3.8) is 0 Å². The SMILES string of the molecule is Cc1ccc(C)c(CS(=O)CC(=O)NCc2cccs2)c1. The predicted molar refractivity (Wildman–Crippen MR) is 88.8 cm³/mol. The van der Waals surface area contributed by atoms with Gasteiger partial charge in [-0.1, -0.05) is 29.8 Å². The molecule has 1 heterocycles. The Balaban J connectivity index is 1.83. The zero-order valence-corrected chi connectivity index (χ0v) is 13.9. The van der Waals surface area contributed by atoms with Gasteiger partial charge in [0.05, 0.1) is 6.54 Å². The third kappa shape index (κ3) is 5.10. The lowest BCUT2D eigenvalue weighted by Gasteiger charge is -2.07. The second-order valence-corrected chi connectivity index (χ2v) is 7.50. The smallest absolute Gasteiger partial charge is 0.232 e. The van der Waals surface area contributed by atoms with Gasteiger partial charge < -0.3 is 5.32 Å². The van der Waals surface area contributed by atoms with E-state index in [1.165, 1.54) is 0 Å². The highest BCUT2D eigenvalue weighted by atomic mass is 32.2. The van der Waals surface area contributed by atoms with E-state index in [2.05, 4.69) is 5.32 Å². The molecule has 21 heavy (non-hydrogen) atoms. The number of benzene rings is 1. The second-order valence-electron chi connectivity index (χ2n) is 5.01. The molecule has 112 valence electrons. The van der Waals surface area contributed by atoms with Crippen LogP contribution < -0.4 is 5.32 Å². The van der Waals surface area contributed by atoms with Crippen molar-refractivity contribution < 1.29 is 9.00 Å². The fourth-order valence-corrected chi connectivity index (χ4v) is 3.78. The van der Waals surface area contributed by atoms with E-state index in [4.69, 9.17) is 0 Å². The van der Waals surface area contributed by atoms with Crippen LogP contribution in [0.3, 0.4) is 0 Å². The molecule has 3 nitrogen and oxygen atoms in total. The molecule has 0 saturated carbocycles. The molecule has 1 N–H and O–H groups in total. The van der Waals surface area contributed by atoms with Gasteiger partial charge in [0, 0.05) is 21.4 Å². The van der Waals surface area contributed by atoms with E-state index in [1.807, 2.05) is 49.6 Å². The minimum Gasteiger partial charge on any atom is -0.350 e. The van der Waals surface area contributed by atoms with Crippen LogP contribution in [0.2, 0.25) is 0 Å². The summed E-state index contributed by atoms with van der Waals surface area (Å²) in [6, 6.07) is 10.0. The molecule has 5 heteroatoms. The van der Waals surface area contributed by atoms with Gasteiger partial charge in [-0.2, -0.15) is 0 Å². The summed E-state index contributed by atoms with van der Waals surface area (Å²) in [6.07, 6.45) is 0. The lowest BCUT2D eigenvalue weighted by molar-refractivity contribution is -0.118. The van der Waals surface area contributed by atoms with Crippen molar-refractivity contribution in [1.29, 1.82) is 0 Å². The number of hydrogen-bond acceptors (Lipinski definition) is 3. The van der Waals surface area contributed by atoms with E-state index in [1.54, 1.807) is 11.3 Å². The van der Waals surface area contributed by atoms with Gasteiger partial charge in [-0.25, -0.2) is 0 Å². The van der Waals surface area contributed by atoms with Gasteiger partial charge in [0.25, 0.3) is 0 Å². The normalized spacial score (nSPS) is 12.1. The highest BCUT2D eigenvalue weighted by Gasteiger charge is 2.10. The van der Waals surface area contributed by atoms with Crippen molar-refractivity contribution in [3.8, 4) is 0 Å². The number of hydrogen-bond donors (Lipinski definition) is 1.